The minimum atomic E-state index is -0.942. The molecule has 0 aromatic carbocycles. The molecule has 1 unspecified atom stereocenters. The predicted octanol–water partition coefficient (Wildman–Crippen LogP) is 10.6. The van der Waals surface area contributed by atoms with E-state index in [1.807, 2.05) is 0 Å². The molecular formula is C36H73NO3. The van der Waals surface area contributed by atoms with Crippen LogP contribution in [0, 0.1) is 0 Å². The molecule has 0 radical (unpaired) electrons. The largest absolute Gasteiger partial charge is 0.394 e. The zero-order valence-corrected chi connectivity index (χ0v) is 27.4. The molecule has 40 heavy (non-hydrogen) atoms. The molecule has 0 saturated heterocycles. The number of aliphatic hydroxyl groups excluding tert-OH is 2. The Morgan fingerprint density at radius 3 is 1.05 bits per heavy atom. The summed E-state index contributed by atoms with van der Waals surface area (Å²) in [5, 5.41) is 22.8. The van der Waals surface area contributed by atoms with Gasteiger partial charge in [-0.3, -0.25) is 4.79 Å². The van der Waals surface area contributed by atoms with E-state index in [1.165, 1.54) is 154 Å². The molecule has 240 valence electrons. The highest BCUT2D eigenvalue weighted by Crippen LogP contribution is 2.15. The van der Waals surface area contributed by atoms with E-state index in [9.17, 15) is 15.0 Å². The Kier molecular flexibility index (Phi) is 32.4. The van der Waals surface area contributed by atoms with Crippen LogP contribution >= 0.6 is 0 Å². The molecule has 0 aliphatic carbocycles. The van der Waals surface area contributed by atoms with Gasteiger partial charge in [0.2, 0.25) is 5.91 Å². The Labute approximate surface area is 251 Å². The second-order valence-electron chi connectivity index (χ2n) is 12.7. The van der Waals surface area contributed by atoms with Crippen molar-refractivity contribution < 1.29 is 15.0 Å². The number of carbonyl (C=O) groups excluding carboxylic acids is 1. The first-order chi connectivity index (χ1) is 19.7. The smallest absolute Gasteiger partial charge is 0.249 e. The van der Waals surface area contributed by atoms with E-state index in [-0.39, 0.29) is 18.6 Å². The van der Waals surface area contributed by atoms with Crippen molar-refractivity contribution in [1.82, 2.24) is 5.32 Å². The Morgan fingerprint density at radius 2 is 0.750 bits per heavy atom. The fourth-order valence-corrected chi connectivity index (χ4v) is 5.76. The summed E-state index contributed by atoms with van der Waals surface area (Å²) in [5.41, 5.74) is 0. The third-order valence-electron chi connectivity index (χ3n) is 8.61. The zero-order chi connectivity index (χ0) is 29.4. The predicted molar refractivity (Wildman–Crippen MR) is 175 cm³/mol. The van der Waals surface area contributed by atoms with E-state index < -0.39 is 6.10 Å². The molecule has 0 aliphatic heterocycles. The molecule has 4 heteroatoms. The lowest BCUT2D eigenvalue weighted by Gasteiger charge is -2.19. The topological polar surface area (TPSA) is 69.6 Å². The first-order valence-corrected chi connectivity index (χ1v) is 18.2. The van der Waals surface area contributed by atoms with Gasteiger partial charge in [0.25, 0.3) is 0 Å². The van der Waals surface area contributed by atoms with E-state index in [1.54, 1.807) is 0 Å². The molecule has 0 aromatic rings. The molecule has 0 spiro atoms. The maximum Gasteiger partial charge on any atom is 0.249 e. The molecule has 0 aromatic heterocycles. The maximum atomic E-state index is 12.4. The third-order valence-corrected chi connectivity index (χ3v) is 8.61. The Balaban J connectivity index is 3.53. The highest BCUT2D eigenvalue weighted by molar-refractivity contribution is 5.80. The van der Waals surface area contributed by atoms with Crippen molar-refractivity contribution in [3.8, 4) is 0 Å². The molecule has 2 atom stereocenters. The van der Waals surface area contributed by atoms with Crippen molar-refractivity contribution in [2.24, 2.45) is 0 Å². The fraction of sp³-hybridized carbons (Fsp3) is 0.972. The van der Waals surface area contributed by atoms with E-state index >= 15 is 0 Å². The summed E-state index contributed by atoms with van der Waals surface area (Å²) >= 11 is 0. The van der Waals surface area contributed by atoms with E-state index in [2.05, 4.69) is 19.2 Å². The number of unbranched alkanes of at least 4 members (excludes halogenated alkanes) is 26. The van der Waals surface area contributed by atoms with Crippen molar-refractivity contribution >= 4 is 5.91 Å². The second-order valence-corrected chi connectivity index (χ2v) is 12.7. The van der Waals surface area contributed by atoms with Crippen LogP contribution in [-0.4, -0.2) is 34.9 Å². The van der Waals surface area contributed by atoms with E-state index in [0.717, 1.165) is 32.1 Å². The van der Waals surface area contributed by atoms with Crippen LogP contribution < -0.4 is 5.32 Å². The molecule has 0 fully saturated rings. The average Bonchev–Trinajstić information content (AvgIpc) is 2.96. The number of nitrogens with one attached hydrogen (secondary N) is 1. The lowest BCUT2D eigenvalue weighted by Crippen LogP contribution is -2.43. The third kappa shape index (κ3) is 28.9. The molecule has 0 aliphatic rings. The van der Waals surface area contributed by atoms with Gasteiger partial charge >= 0.3 is 0 Å². The van der Waals surface area contributed by atoms with Crippen LogP contribution in [0.5, 0.6) is 0 Å². The van der Waals surface area contributed by atoms with Gasteiger partial charge in [-0.2, -0.15) is 0 Å². The zero-order valence-electron chi connectivity index (χ0n) is 27.4. The summed E-state index contributed by atoms with van der Waals surface area (Å²) in [6.07, 6.45) is 37.2. The van der Waals surface area contributed by atoms with Crippen LogP contribution in [0.4, 0.5) is 0 Å². The first kappa shape index (κ1) is 39.4. The van der Waals surface area contributed by atoms with Crippen LogP contribution in [-0.2, 0) is 4.79 Å². The van der Waals surface area contributed by atoms with Crippen molar-refractivity contribution in [3.63, 3.8) is 0 Å². The molecule has 0 heterocycles. The average molecular weight is 568 g/mol. The number of amides is 1. The number of hydrogen-bond donors (Lipinski definition) is 3. The summed E-state index contributed by atoms with van der Waals surface area (Å²) in [4.78, 5) is 12.4. The molecule has 0 saturated carbocycles. The van der Waals surface area contributed by atoms with Crippen LogP contribution in [0.1, 0.15) is 206 Å². The van der Waals surface area contributed by atoms with Gasteiger partial charge in [0.05, 0.1) is 12.6 Å². The van der Waals surface area contributed by atoms with Gasteiger partial charge in [-0.05, 0) is 12.8 Å². The number of aliphatic hydroxyl groups is 2. The second kappa shape index (κ2) is 32.9. The van der Waals surface area contributed by atoms with Crippen LogP contribution in [0.3, 0.4) is 0 Å². The molecule has 4 nitrogen and oxygen atoms in total. The number of carbonyl (C=O) groups is 1. The maximum absolute atomic E-state index is 12.4. The van der Waals surface area contributed by atoms with E-state index in [4.69, 9.17) is 0 Å². The summed E-state index contributed by atoms with van der Waals surface area (Å²) in [6.45, 7) is 4.50. The molecule has 3 N–H and O–H groups in total. The van der Waals surface area contributed by atoms with Crippen molar-refractivity contribution in [3.05, 3.63) is 0 Å². The summed E-state index contributed by atoms with van der Waals surface area (Å²) in [7, 11) is 0. The van der Waals surface area contributed by atoms with Crippen LogP contribution in [0.2, 0.25) is 0 Å². The van der Waals surface area contributed by atoms with Gasteiger partial charge in [-0.25, -0.2) is 0 Å². The Morgan fingerprint density at radius 1 is 0.475 bits per heavy atom. The summed E-state index contributed by atoms with van der Waals surface area (Å²) in [6, 6.07) is -0.226. The minimum absolute atomic E-state index is 0.0459. The monoisotopic (exact) mass is 568 g/mol. The van der Waals surface area contributed by atoms with Crippen LogP contribution in [0.15, 0.2) is 0 Å². The highest BCUT2D eigenvalue weighted by atomic mass is 16.3. The van der Waals surface area contributed by atoms with Gasteiger partial charge in [-0.1, -0.05) is 194 Å². The number of rotatable bonds is 33. The van der Waals surface area contributed by atoms with Crippen molar-refractivity contribution in [2.75, 3.05) is 6.61 Å². The minimum Gasteiger partial charge on any atom is -0.394 e. The van der Waals surface area contributed by atoms with Crippen molar-refractivity contribution in [1.29, 1.82) is 0 Å². The van der Waals surface area contributed by atoms with Gasteiger partial charge in [0, 0.05) is 0 Å². The van der Waals surface area contributed by atoms with Gasteiger partial charge < -0.3 is 15.5 Å². The fourth-order valence-electron chi connectivity index (χ4n) is 5.76. The Bertz CT molecular complexity index is 498. The molecule has 1 amide bonds. The number of hydrogen-bond acceptors (Lipinski definition) is 3. The standard InChI is InChI=1S/C36H73NO3/c1-3-5-7-9-11-13-15-17-19-21-23-25-27-29-31-34(33-38)37-36(40)35(39)32-30-28-26-24-22-20-18-16-14-12-10-8-6-4-2/h34-35,38-39H,3-33H2,1-2H3,(H,37,40)/t34-,35?/m1/s1. The van der Waals surface area contributed by atoms with Crippen molar-refractivity contribution in [2.45, 2.75) is 219 Å². The first-order valence-electron chi connectivity index (χ1n) is 18.2. The highest BCUT2D eigenvalue weighted by Gasteiger charge is 2.18. The van der Waals surface area contributed by atoms with Crippen LogP contribution in [0.25, 0.3) is 0 Å². The van der Waals surface area contributed by atoms with E-state index in [0.29, 0.717) is 6.42 Å². The summed E-state index contributed by atoms with van der Waals surface area (Å²) in [5.74, 6) is -0.306. The molecule has 0 bridgehead atoms. The lowest BCUT2D eigenvalue weighted by atomic mass is 10.0. The lowest BCUT2D eigenvalue weighted by molar-refractivity contribution is -0.130. The molecular weight excluding hydrogens is 494 g/mol. The normalized spacial score (nSPS) is 13.0. The van der Waals surface area contributed by atoms with Gasteiger partial charge in [-0.15, -0.1) is 0 Å². The summed E-state index contributed by atoms with van der Waals surface area (Å²) < 4.78 is 0. The van der Waals surface area contributed by atoms with Gasteiger partial charge in [0.15, 0.2) is 0 Å². The quantitative estimate of drug-likeness (QED) is 0.0691. The molecule has 0 rings (SSSR count). The van der Waals surface area contributed by atoms with Gasteiger partial charge in [0.1, 0.15) is 6.10 Å². The Hall–Kier alpha value is -0.610. The SMILES string of the molecule is CCCCCCCCCCCCCCCCC(O)C(=O)N[C@@H](CO)CCCCCCCCCCCCCCCC.